The second kappa shape index (κ2) is 7.93. The molecule has 0 fully saturated rings. The van der Waals surface area contributed by atoms with Gasteiger partial charge in [-0.3, -0.25) is 14.7 Å². The van der Waals surface area contributed by atoms with E-state index in [9.17, 15) is 14.9 Å². The normalized spacial score (nSPS) is 12.0. The third-order valence-electron chi connectivity index (χ3n) is 4.52. The van der Waals surface area contributed by atoms with E-state index >= 15 is 0 Å². The fourth-order valence-corrected chi connectivity index (χ4v) is 3.18. The molecule has 0 saturated heterocycles. The second-order valence-corrected chi connectivity index (χ2v) is 6.40. The van der Waals surface area contributed by atoms with Crippen LogP contribution in [-0.4, -0.2) is 37.1 Å². The molecular weight excluding hydrogens is 374 g/mol. The highest BCUT2D eigenvalue weighted by Crippen LogP contribution is 2.23. The van der Waals surface area contributed by atoms with Gasteiger partial charge in [0.25, 0.3) is 0 Å². The van der Waals surface area contributed by atoms with Crippen LogP contribution >= 0.6 is 0 Å². The number of fused-ring (bicyclic) bond motifs is 1. The number of para-hydroxylation sites is 1. The number of carbonyl (C=O) groups excluding carboxylic acids is 1. The lowest BCUT2D eigenvalue weighted by molar-refractivity contribution is -0.484. The number of benzene rings is 2. The maximum absolute atomic E-state index is 12.6. The Hall–Kier alpha value is -4.01. The first-order valence-corrected chi connectivity index (χ1v) is 8.93. The lowest BCUT2D eigenvalue weighted by atomic mass is 10.2. The van der Waals surface area contributed by atoms with Crippen molar-refractivity contribution in [3.63, 3.8) is 0 Å². The highest BCUT2D eigenvalue weighted by atomic mass is 16.6. The first-order chi connectivity index (χ1) is 14.1. The highest BCUT2D eigenvalue weighted by Gasteiger charge is 2.28. The molecule has 2 aromatic carbocycles. The number of ether oxygens (including phenoxy) is 1. The van der Waals surface area contributed by atoms with Crippen molar-refractivity contribution in [2.45, 2.75) is 12.6 Å². The first-order valence-electron chi connectivity index (χ1n) is 8.93. The third-order valence-corrected chi connectivity index (χ3v) is 4.52. The molecule has 0 aliphatic heterocycles. The van der Waals surface area contributed by atoms with E-state index in [1.807, 2.05) is 36.4 Å². The van der Waals surface area contributed by atoms with Crippen molar-refractivity contribution in [3.8, 4) is 0 Å². The molecule has 2 aromatic heterocycles. The summed E-state index contributed by atoms with van der Waals surface area (Å²) in [5, 5.41) is 19.5. The molecule has 9 nitrogen and oxygen atoms in total. The number of nitrogens with zero attached hydrogens (tertiary/aromatic N) is 5. The molecule has 0 radical (unpaired) electrons. The minimum Gasteiger partial charge on any atom is -0.444 e. The number of hydrogen-bond acceptors (Lipinski definition) is 6. The van der Waals surface area contributed by atoms with Crippen LogP contribution in [0.2, 0.25) is 0 Å². The lowest BCUT2D eigenvalue weighted by Gasteiger charge is -2.16. The Morgan fingerprint density at radius 1 is 1.07 bits per heavy atom. The van der Waals surface area contributed by atoms with Crippen molar-refractivity contribution >= 4 is 17.1 Å². The average Bonchev–Trinajstić information content (AvgIpc) is 3.38. The topological polar surface area (TPSA) is 105 Å². The van der Waals surface area contributed by atoms with Gasteiger partial charge < -0.3 is 4.74 Å². The summed E-state index contributed by atoms with van der Waals surface area (Å²) in [5.74, 6) is 0. The van der Waals surface area contributed by atoms with Gasteiger partial charge in [0.1, 0.15) is 12.1 Å². The zero-order valence-electron chi connectivity index (χ0n) is 15.3. The summed E-state index contributed by atoms with van der Waals surface area (Å²) in [6.45, 7) is -0.354. The van der Waals surface area contributed by atoms with E-state index < -0.39 is 23.6 Å². The van der Waals surface area contributed by atoms with Gasteiger partial charge in [-0.2, -0.15) is 0 Å². The highest BCUT2D eigenvalue weighted by molar-refractivity contribution is 5.75. The van der Waals surface area contributed by atoms with Gasteiger partial charge in [-0.15, -0.1) is 5.10 Å². The van der Waals surface area contributed by atoms with Crippen molar-refractivity contribution in [3.05, 3.63) is 94.3 Å². The molecule has 0 aliphatic carbocycles. The van der Waals surface area contributed by atoms with Crippen molar-refractivity contribution < 1.29 is 14.5 Å². The van der Waals surface area contributed by atoms with Gasteiger partial charge in [0.2, 0.25) is 6.54 Å². The van der Waals surface area contributed by atoms with E-state index in [0.717, 1.165) is 5.56 Å². The maximum atomic E-state index is 12.6. The van der Waals surface area contributed by atoms with Gasteiger partial charge in [0.05, 0.1) is 11.2 Å². The molecular formula is C20H17N5O4. The van der Waals surface area contributed by atoms with Gasteiger partial charge in [0, 0.05) is 11.1 Å². The SMILES string of the molecule is O=C(OCc1ccccc1)n1cccc1C(C[N+](=O)[O-])n1nnc2ccccc21. The summed E-state index contributed by atoms with van der Waals surface area (Å²) >= 11 is 0. The third kappa shape index (κ3) is 3.84. The van der Waals surface area contributed by atoms with Crippen LogP contribution in [-0.2, 0) is 11.3 Å². The molecule has 0 bridgehead atoms. The predicted octanol–water partition coefficient (Wildman–Crippen LogP) is 3.28. The summed E-state index contributed by atoms with van der Waals surface area (Å²) in [6, 6.07) is 18.9. The molecule has 0 amide bonds. The van der Waals surface area contributed by atoms with Gasteiger partial charge in [-0.05, 0) is 29.8 Å². The van der Waals surface area contributed by atoms with E-state index in [-0.39, 0.29) is 6.61 Å². The summed E-state index contributed by atoms with van der Waals surface area (Å²) in [6.07, 6.45) is 0.904. The van der Waals surface area contributed by atoms with Crippen molar-refractivity contribution in [2.75, 3.05) is 6.54 Å². The zero-order valence-corrected chi connectivity index (χ0v) is 15.3. The Bertz CT molecular complexity index is 1150. The number of hydrogen-bond donors (Lipinski definition) is 0. The quantitative estimate of drug-likeness (QED) is 0.369. The van der Waals surface area contributed by atoms with E-state index in [4.69, 9.17) is 4.74 Å². The van der Waals surface area contributed by atoms with Crippen LogP contribution in [0.15, 0.2) is 72.9 Å². The average molecular weight is 391 g/mol. The maximum Gasteiger partial charge on any atom is 0.418 e. The van der Waals surface area contributed by atoms with Crippen LogP contribution in [0.1, 0.15) is 17.3 Å². The van der Waals surface area contributed by atoms with Gasteiger partial charge in [-0.25, -0.2) is 9.48 Å². The Balaban J connectivity index is 1.65. The fourth-order valence-electron chi connectivity index (χ4n) is 3.18. The second-order valence-electron chi connectivity index (χ2n) is 6.40. The Morgan fingerprint density at radius 3 is 2.62 bits per heavy atom. The lowest BCUT2D eigenvalue weighted by Crippen LogP contribution is -2.26. The fraction of sp³-hybridized carbons (Fsp3) is 0.150. The van der Waals surface area contributed by atoms with Crippen LogP contribution in [0.3, 0.4) is 0 Å². The van der Waals surface area contributed by atoms with E-state index in [1.165, 1.54) is 15.4 Å². The van der Waals surface area contributed by atoms with Gasteiger partial charge in [-0.1, -0.05) is 47.7 Å². The van der Waals surface area contributed by atoms with E-state index in [1.54, 1.807) is 30.3 Å². The van der Waals surface area contributed by atoms with Crippen LogP contribution in [0.4, 0.5) is 4.79 Å². The van der Waals surface area contributed by atoms with E-state index in [2.05, 4.69) is 10.3 Å². The van der Waals surface area contributed by atoms with Crippen LogP contribution in [0.25, 0.3) is 11.0 Å². The Labute approximate surface area is 165 Å². The number of aromatic nitrogens is 4. The molecule has 0 N–H and O–H groups in total. The van der Waals surface area contributed by atoms with Crippen LogP contribution < -0.4 is 0 Å². The Kier molecular flexibility index (Phi) is 5.02. The van der Waals surface area contributed by atoms with Crippen LogP contribution in [0, 0.1) is 10.1 Å². The molecule has 0 spiro atoms. The molecule has 9 heteroatoms. The predicted molar refractivity (Wildman–Crippen MR) is 104 cm³/mol. The van der Waals surface area contributed by atoms with Crippen molar-refractivity contribution in [1.82, 2.24) is 19.6 Å². The van der Waals surface area contributed by atoms with Crippen LogP contribution in [0.5, 0.6) is 0 Å². The first kappa shape index (κ1) is 18.4. The Morgan fingerprint density at radius 2 is 1.83 bits per heavy atom. The minimum atomic E-state index is -0.823. The monoisotopic (exact) mass is 391 g/mol. The summed E-state index contributed by atoms with van der Waals surface area (Å²) in [4.78, 5) is 23.6. The molecule has 1 atom stereocenters. The smallest absolute Gasteiger partial charge is 0.418 e. The number of nitro groups is 1. The van der Waals surface area contributed by atoms with Gasteiger partial charge >= 0.3 is 6.09 Å². The van der Waals surface area contributed by atoms with Crippen molar-refractivity contribution in [2.24, 2.45) is 0 Å². The summed E-state index contributed by atoms with van der Waals surface area (Å²) in [7, 11) is 0. The number of carbonyl (C=O) groups is 1. The molecule has 0 aliphatic rings. The van der Waals surface area contributed by atoms with Crippen molar-refractivity contribution in [1.29, 1.82) is 0 Å². The molecule has 2 heterocycles. The standard InChI is InChI=1S/C20H17N5O4/c26-20(29-14-15-7-2-1-3-8-15)23-12-6-11-18(23)19(13-24(27)28)25-17-10-5-4-9-16(17)21-22-25/h1-12,19H,13-14H2. The largest absolute Gasteiger partial charge is 0.444 e. The minimum absolute atomic E-state index is 0.101. The van der Waals surface area contributed by atoms with E-state index in [0.29, 0.717) is 16.7 Å². The summed E-state index contributed by atoms with van der Waals surface area (Å²) < 4.78 is 8.12. The van der Waals surface area contributed by atoms with Gasteiger partial charge in [0.15, 0.2) is 6.04 Å². The summed E-state index contributed by atoms with van der Waals surface area (Å²) in [5.41, 5.74) is 2.50. The molecule has 4 aromatic rings. The molecule has 0 saturated carbocycles. The molecule has 29 heavy (non-hydrogen) atoms. The number of rotatable bonds is 6. The molecule has 4 rings (SSSR count). The molecule has 1 unspecified atom stereocenters. The zero-order chi connectivity index (χ0) is 20.2. The molecule has 146 valence electrons.